The highest BCUT2D eigenvalue weighted by molar-refractivity contribution is 5.83. The minimum Gasteiger partial charge on any atom is -0.381 e. The Labute approximate surface area is 155 Å². The van der Waals surface area contributed by atoms with E-state index in [0.717, 1.165) is 43.9 Å². The minimum absolute atomic E-state index is 0.0687. The molecule has 2 saturated heterocycles. The fourth-order valence-corrected chi connectivity index (χ4v) is 3.75. The number of amides is 1. The van der Waals surface area contributed by atoms with Crippen LogP contribution in [0.2, 0.25) is 0 Å². The molecule has 2 aliphatic rings. The quantitative estimate of drug-likeness (QED) is 0.681. The number of nitrogens with zero attached hydrogens (tertiary/aromatic N) is 1. The molecule has 0 saturated carbocycles. The SMILES string of the molecule is CC(C)OCCNC(=O)[C@]1(Cc2cc([C@H]3CCOC3)no2)CCCNC1. The molecule has 1 aromatic heterocycles. The summed E-state index contributed by atoms with van der Waals surface area (Å²) in [5, 5.41) is 10.6. The van der Waals surface area contributed by atoms with Crippen molar-refractivity contribution in [1.29, 1.82) is 0 Å². The zero-order chi connectivity index (χ0) is 18.4. The van der Waals surface area contributed by atoms with Crippen molar-refractivity contribution in [3.05, 3.63) is 17.5 Å². The maximum absolute atomic E-state index is 12.9. The van der Waals surface area contributed by atoms with E-state index in [4.69, 9.17) is 14.0 Å². The normalized spacial score (nSPS) is 26.3. The van der Waals surface area contributed by atoms with Gasteiger partial charge in [-0.2, -0.15) is 0 Å². The molecule has 2 aliphatic heterocycles. The Kier molecular flexibility index (Phi) is 6.67. The van der Waals surface area contributed by atoms with E-state index in [9.17, 15) is 4.79 Å². The van der Waals surface area contributed by atoms with E-state index < -0.39 is 5.41 Å². The van der Waals surface area contributed by atoms with Gasteiger partial charge < -0.3 is 24.6 Å². The van der Waals surface area contributed by atoms with Crippen LogP contribution in [0.15, 0.2) is 10.6 Å². The van der Waals surface area contributed by atoms with E-state index in [1.807, 2.05) is 19.9 Å². The molecule has 26 heavy (non-hydrogen) atoms. The van der Waals surface area contributed by atoms with Gasteiger partial charge in [-0.3, -0.25) is 4.79 Å². The minimum atomic E-state index is -0.487. The summed E-state index contributed by atoms with van der Waals surface area (Å²) in [6.45, 7) is 8.13. The van der Waals surface area contributed by atoms with Crippen LogP contribution in [-0.4, -0.2) is 56.6 Å². The number of nitrogens with one attached hydrogen (secondary N) is 2. The van der Waals surface area contributed by atoms with E-state index in [1.165, 1.54) is 0 Å². The Hall–Kier alpha value is -1.44. The molecule has 3 heterocycles. The number of rotatable bonds is 8. The van der Waals surface area contributed by atoms with Crippen molar-refractivity contribution in [2.45, 2.75) is 51.6 Å². The maximum atomic E-state index is 12.9. The molecule has 2 atom stereocenters. The number of hydrogen-bond acceptors (Lipinski definition) is 6. The fraction of sp³-hybridized carbons (Fsp3) is 0.789. The fourth-order valence-electron chi connectivity index (χ4n) is 3.75. The monoisotopic (exact) mass is 365 g/mol. The predicted molar refractivity (Wildman–Crippen MR) is 97.0 cm³/mol. The smallest absolute Gasteiger partial charge is 0.228 e. The molecule has 7 nitrogen and oxygen atoms in total. The van der Waals surface area contributed by atoms with Gasteiger partial charge in [-0.15, -0.1) is 0 Å². The van der Waals surface area contributed by atoms with Gasteiger partial charge in [0.2, 0.25) is 5.91 Å². The van der Waals surface area contributed by atoms with Gasteiger partial charge in [0.25, 0.3) is 0 Å². The van der Waals surface area contributed by atoms with E-state index >= 15 is 0 Å². The van der Waals surface area contributed by atoms with Gasteiger partial charge >= 0.3 is 0 Å². The number of carbonyl (C=O) groups excluding carboxylic acids is 1. The zero-order valence-corrected chi connectivity index (χ0v) is 15.9. The summed E-state index contributed by atoms with van der Waals surface area (Å²) in [4.78, 5) is 12.9. The molecular formula is C19H31N3O4. The first-order chi connectivity index (χ1) is 12.6. The number of hydrogen-bond donors (Lipinski definition) is 2. The summed E-state index contributed by atoms with van der Waals surface area (Å²) >= 11 is 0. The van der Waals surface area contributed by atoms with Crippen LogP contribution in [0.25, 0.3) is 0 Å². The second-order valence-electron chi connectivity index (χ2n) is 7.69. The van der Waals surface area contributed by atoms with E-state index in [2.05, 4.69) is 15.8 Å². The first-order valence-corrected chi connectivity index (χ1v) is 9.73. The number of ether oxygens (including phenoxy) is 2. The Morgan fingerprint density at radius 3 is 3.12 bits per heavy atom. The second-order valence-corrected chi connectivity index (χ2v) is 7.69. The van der Waals surface area contributed by atoms with Crippen LogP contribution in [0.5, 0.6) is 0 Å². The van der Waals surface area contributed by atoms with Gasteiger partial charge in [-0.1, -0.05) is 5.16 Å². The van der Waals surface area contributed by atoms with Crippen molar-refractivity contribution in [2.24, 2.45) is 5.41 Å². The molecule has 7 heteroatoms. The van der Waals surface area contributed by atoms with Crippen LogP contribution in [0.1, 0.15) is 50.5 Å². The first kappa shape index (κ1) is 19.3. The molecule has 3 rings (SSSR count). The molecule has 0 unspecified atom stereocenters. The third kappa shape index (κ3) is 4.84. The first-order valence-electron chi connectivity index (χ1n) is 9.73. The topological polar surface area (TPSA) is 85.6 Å². The van der Waals surface area contributed by atoms with Crippen molar-refractivity contribution in [3.8, 4) is 0 Å². The summed E-state index contributed by atoms with van der Waals surface area (Å²) < 4.78 is 16.5. The predicted octanol–water partition coefficient (Wildman–Crippen LogP) is 1.63. The molecule has 0 aromatic carbocycles. The maximum Gasteiger partial charge on any atom is 0.228 e. The summed E-state index contributed by atoms with van der Waals surface area (Å²) in [5.41, 5.74) is 0.459. The zero-order valence-electron chi connectivity index (χ0n) is 15.9. The van der Waals surface area contributed by atoms with Gasteiger partial charge in [0.1, 0.15) is 5.76 Å². The molecular weight excluding hydrogens is 334 g/mol. The van der Waals surface area contributed by atoms with E-state index in [1.54, 1.807) is 0 Å². The van der Waals surface area contributed by atoms with Crippen molar-refractivity contribution in [2.75, 3.05) is 39.5 Å². The molecule has 2 N–H and O–H groups in total. The highest BCUT2D eigenvalue weighted by Gasteiger charge is 2.41. The Bertz CT molecular complexity index is 575. The highest BCUT2D eigenvalue weighted by atomic mass is 16.5. The molecule has 146 valence electrons. The van der Waals surface area contributed by atoms with Crippen LogP contribution in [0.3, 0.4) is 0 Å². The van der Waals surface area contributed by atoms with Gasteiger partial charge in [0, 0.05) is 38.1 Å². The van der Waals surface area contributed by atoms with Crippen LogP contribution in [0.4, 0.5) is 0 Å². The lowest BCUT2D eigenvalue weighted by molar-refractivity contribution is -0.132. The highest BCUT2D eigenvalue weighted by Crippen LogP contribution is 2.33. The summed E-state index contributed by atoms with van der Waals surface area (Å²) in [6.07, 6.45) is 3.55. The summed E-state index contributed by atoms with van der Waals surface area (Å²) in [6, 6.07) is 2.00. The van der Waals surface area contributed by atoms with E-state index in [-0.39, 0.29) is 12.0 Å². The van der Waals surface area contributed by atoms with Gasteiger partial charge in [-0.05, 0) is 39.7 Å². The number of piperidine rings is 1. The lowest BCUT2D eigenvalue weighted by Gasteiger charge is -2.35. The molecule has 1 aromatic rings. The summed E-state index contributed by atoms with van der Waals surface area (Å²) in [7, 11) is 0. The van der Waals surface area contributed by atoms with Crippen molar-refractivity contribution in [3.63, 3.8) is 0 Å². The third-order valence-electron chi connectivity index (χ3n) is 5.23. The summed E-state index contributed by atoms with van der Waals surface area (Å²) in [5.74, 6) is 1.17. The van der Waals surface area contributed by atoms with E-state index in [0.29, 0.717) is 38.6 Å². The Morgan fingerprint density at radius 1 is 1.54 bits per heavy atom. The molecule has 1 amide bonds. The molecule has 2 fully saturated rings. The Morgan fingerprint density at radius 2 is 2.42 bits per heavy atom. The van der Waals surface area contributed by atoms with Crippen molar-refractivity contribution < 1.29 is 18.8 Å². The van der Waals surface area contributed by atoms with Crippen molar-refractivity contribution >= 4 is 5.91 Å². The molecule has 0 radical (unpaired) electrons. The average molecular weight is 365 g/mol. The lowest BCUT2D eigenvalue weighted by Crippen LogP contribution is -2.52. The molecule has 0 aliphatic carbocycles. The largest absolute Gasteiger partial charge is 0.381 e. The van der Waals surface area contributed by atoms with Crippen molar-refractivity contribution in [1.82, 2.24) is 15.8 Å². The Balaban J connectivity index is 1.62. The van der Waals surface area contributed by atoms with Gasteiger partial charge in [0.15, 0.2) is 0 Å². The van der Waals surface area contributed by atoms with Gasteiger partial charge in [0.05, 0.1) is 30.4 Å². The standard InChI is InChI=1S/C19H31N3O4/c1-14(2)25-9-7-21-18(23)19(5-3-6-20-13-19)11-16-10-17(22-26-16)15-4-8-24-12-15/h10,14-15,20H,3-9,11-13H2,1-2H3,(H,21,23)/t15-,19-/m0/s1. The lowest BCUT2D eigenvalue weighted by atomic mass is 9.76. The van der Waals surface area contributed by atoms with Crippen LogP contribution in [-0.2, 0) is 20.7 Å². The van der Waals surface area contributed by atoms with Crippen LogP contribution < -0.4 is 10.6 Å². The van der Waals surface area contributed by atoms with Crippen LogP contribution in [0, 0.1) is 5.41 Å². The molecule has 0 spiro atoms. The average Bonchev–Trinajstić information content (AvgIpc) is 3.30. The van der Waals surface area contributed by atoms with Crippen LogP contribution >= 0.6 is 0 Å². The molecule has 0 bridgehead atoms. The third-order valence-corrected chi connectivity index (χ3v) is 5.23. The second kappa shape index (κ2) is 8.97. The number of carbonyl (C=O) groups is 1. The van der Waals surface area contributed by atoms with Gasteiger partial charge in [-0.25, -0.2) is 0 Å². The number of aromatic nitrogens is 1.